The summed E-state index contributed by atoms with van der Waals surface area (Å²) in [5, 5.41) is 2.84. The molecule has 0 saturated heterocycles. The third-order valence-corrected chi connectivity index (χ3v) is 5.72. The van der Waals surface area contributed by atoms with Crippen molar-refractivity contribution in [2.75, 3.05) is 4.90 Å². The Bertz CT molecular complexity index is 1180. The number of carbonyl (C=O) groups excluding carboxylic acids is 2. The second-order valence-corrected chi connectivity index (χ2v) is 11.6. The first-order valence-corrected chi connectivity index (χ1v) is 12.4. The van der Waals surface area contributed by atoms with Crippen molar-refractivity contribution >= 4 is 51.2 Å². The van der Waals surface area contributed by atoms with Crippen LogP contribution in [0.3, 0.4) is 0 Å². The zero-order valence-electron chi connectivity index (χ0n) is 21.0. The molecule has 0 aliphatic carbocycles. The van der Waals surface area contributed by atoms with Crippen LogP contribution in [0, 0.1) is 0 Å². The van der Waals surface area contributed by atoms with Gasteiger partial charge in [0.15, 0.2) is 5.82 Å². The lowest BCUT2D eigenvalue weighted by molar-refractivity contribution is 0.0507. The van der Waals surface area contributed by atoms with Crippen LogP contribution in [0.2, 0.25) is 5.28 Å². The smallest absolute Gasteiger partial charge is 0.416 e. The van der Waals surface area contributed by atoms with Crippen LogP contribution < -0.4 is 10.2 Å². The summed E-state index contributed by atoms with van der Waals surface area (Å²) in [7, 11) is 0. The van der Waals surface area contributed by atoms with Crippen molar-refractivity contribution in [3.05, 3.63) is 40.4 Å². The largest absolute Gasteiger partial charge is 0.467 e. The van der Waals surface area contributed by atoms with Gasteiger partial charge in [-0.25, -0.2) is 14.6 Å². The van der Waals surface area contributed by atoms with Crippen LogP contribution in [-0.2, 0) is 22.4 Å². The molecule has 3 aromatic heterocycles. The quantitative estimate of drug-likeness (QED) is 0.376. The Morgan fingerprint density at radius 1 is 1.17 bits per heavy atom. The maximum Gasteiger partial charge on any atom is 0.416 e. The van der Waals surface area contributed by atoms with Crippen molar-refractivity contribution in [2.24, 2.45) is 0 Å². The van der Waals surface area contributed by atoms with Crippen molar-refractivity contribution in [1.29, 1.82) is 0 Å². The van der Waals surface area contributed by atoms with Gasteiger partial charge in [-0.15, -0.1) is 11.3 Å². The van der Waals surface area contributed by atoms with E-state index in [9.17, 15) is 9.59 Å². The lowest BCUT2D eigenvalue weighted by Gasteiger charge is -2.26. The average Bonchev–Trinajstić information content (AvgIpc) is 3.31. The van der Waals surface area contributed by atoms with E-state index in [4.69, 9.17) is 25.5 Å². The molecule has 0 spiro atoms. The van der Waals surface area contributed by atoms with Gasteiger partial charge in [0.05, 0.1) is 23.0 Å². The zero-order valence-corrected chi connectivity index (χ0v) is 22.5. The van der Waals surface area contributed by atoms with E-state index in [-0.39, 0.29) is 17.9 Å². The van der Waals surface area contributed by atoms with Gasteiger partial charge in [-0.2, -0.15) is 4.98 Å². The van der Waals surface area contributed by atoms with Crippen molar-refractivity contribution in [3.8, 4) is 0 Å². The third-order valence-electron chi connectivity index (χ3n) is 4.41. The Morgan fingerprint density at radius 2 is 1.86 bits per heavy atom. The topological polar surface area (TPSA) is 107 Å². The van der Waals surface area contributed by atoms with Crippen LogP contribution in [0.25, 0.3) is 10.2 Å². The molecule has 2 amide bonds. The molecule has 35 heavy (non-hydrogen) atoms. The molecule has 0 saturated carbocycles. The number of amides is 2. The summed E-state index contributed by atoms with van der Waals surface area (Å²) in [6.45, 7) is 12.8. The summed E-state index contributed by atoms with van der Waals surface area (Å²) in [6, 6.07) is 5.19. The summed E-state index contributed by atoms with van der Waals surface area (Å²) in [6.07, 6.45) is 0.999. The van der Waals surface area contributed by atoms with Gasteiger partial charge in [0.2, 0.25) is 5.28 Å². The van der Waals surface area contributed by atoms with Gasteiger partial charge in [0, 0.05) is 17.3 Å². The van der Waals surface area contributed by atoms with E-state index in [1.165, 1.54) is 22.5 Å². The summed E-state index contributed by atoms with van der Waals surface area (Å²) in [5.74, 6) is 0.889. The first-order chi connectivity index (χ1) is 16.2. The highest BCUT2D eigenvalue weighted by molar-refractivity contribution is 7.19. The number of thiophene rings is 1. The molecule has 3 rings (SSSR count). The van der Waals surface area contributed by atoms with Gasteiger partial charge in [-0.1, -0.05) is 0 Å². The molecule has 1 N–H and O–H groups in total. The molecule has 0 aromatic carbocycles. The van der Waals surface area contributed by atoms with E-state index in [2.05, 4.69) is 15.3 Å². The molecule has 3 heterocycles. The highest BCUT2D eigenvalue weighted by Crippen LogP contribution is 2.35. The SMILES string of the molecule is CC(Cc1cc2nc(Cl)nc(N(Cc3ccco3)C(=O)OC(C)(C)C)c2s1)NC(=O)OC(C)(C)C. The molecule has 0 aliphatic rings. The molecular formula is C24H31ClN4O5S. The van der Waals surface area contributed by atoms with Gasteiger partial charge in [0.1, 0.15) is 17.0 Å². The number of nitrogens with zero attached hydrogens (tertiary/aromatic N) is 3. The van der Waals surface area contributed by atoms with E-state index < -0.39 is 23.4 Å². The lowest BCUT2D eigenvalue weighted by Crippen LogP contribution is -2.38. The summed E-state index contributed by atoms with van der Waals surface area (Å²) < 4.78 is 17.1. The second kappa shape index (κ2) is 10.4. The number of fused-ring (bicyclic) bond motifs is 1. The van der Waals surface area contributed by atoms with Crippen molar-refractivity contribution in [3.63, 3.8) is 0 Å². The maximum atomic E-state index is 13.2. The number of alkyl carbamates (subject to hydrolysis) is 1. The average molecular weight is 523 g/mol. The number of anilines is 1. The maximum absolute atomic E-state index is 13.2. The standard InChI is InChI=1S/C24H31ClN4O5S/c1-14(26-21(30)33-23(2,3)4)11-16-12-17-18(35-16)19(28-20(25)27-17)29(13-15-9-8-10-32-15)22(31)34-24(5,6)7/h8-10,12,14H,11,13H2,1-7H3,(H,26,30). The van der Waals surface area contributed by atoms with Gasteiger partial charge in [-0.05, 0) is 78.3 Å². The molecule has 11 heteroatoms. The number of ether oxygens (including phenoxy) is 2. The molecule has 0 aliphatic heterocycles. The minimum Gasteiger partial charge on any atom is -0.467 e. The molecule has 0 radical (unpaired) electrons. The highest BCUT2D eigenvalue weighted by atomic mass is 35.5. The molecule has 0 bridgehead atoms. The summed E-state index contributed by atoms with van der Waals surface area (Å²) >= 11 is 7.66. The van der Waals surface area contributed by atoms with Crippen LogP contribution in [-0.4, -0.2) is 39.4 Å². The molecule has 0 fully saturated rings. The van der Waals surface area contributed by atoms with Crippen LogP contribution >= 0.6 is 22.9 Å². The number of aromatic nitrogens is 2. The predicted octanol–water partition coefficient (Wildman–Crippen LogP) is 6.34. The normalized spacial score (nSPS) is 12.9. The van der Waals surface area contributed by atoms with Crippen LogP contribution in [0.1, 0.15) is 59.1 Å². The number of hydrogen-bond donors (Lipinski definition) is 1. The Morgan fingerprint density at radius 3 is 2.46 bits per heavy atom. The number of furan rings is 1. The van der Waals surface area contributed by atoms with Gasteiger partial charge in [-0.3, -0.25) is 4.90 Å². The summed E-state index contributed by atoms with van der Waals surface area (Å²) in [5.41, 5.74) is -0.697. The fourth-order valence-electron chi connectivity index (χ4n) is 3.18. The van der Waals surface area contributed by atoms with E-state index in [0.717, 1.165) is 4.88 Å². The van der Waals surface area contributed by atoms with Crippen LogP contribution in [0.5, 0.6) is 0 Å². The number of carbonyl (C=O) groups is 2. The number of nitrogens with one attached hydrogen (secondary N) is 1. The number of halogens is 1. The van der Waals surface area contributed by atoms with Gasteiger partial charge < -0.3 is 19.2 Å². The van der Waals surface area contributed by atoms with Gasteiger partial charge in [0.25, 0.3) is 0 Å². The predicted molar refractivity (Wildman–Crippen MR) is 136 cm³/mol. The Balaban J connectivity index is 1.91. The first-order valence-electron chi connectivity index (χ1n) is 11.2. The van der Waals surface area contributed by atoms with E-state index in [0.29, 0.717) is 28.2 Å². The fraction of sp³-hybridized carbons (Fsp3) is 0.500. The fourth-order valence-corrected chi connectivity index (χ4v) is 4.58. The number of hydrogen-bond acceptors (Lipinski definition) is 8. The van der Waals surface area contributed by atoms with E-state index in [1.54, 1.807) is 32.9 Å². The molecule has 3 aromatic rings. The minimum atomic E-state index is -0.711. The Hall–Kier alpha value is -2.85. The van der Waals surface area contributed by atoms with Crippen LogP contribution in [0.4, 0.5) is 15.4 Å². The Labute approximate surface area is 213 Å². The monoisotopic (exact) mass is 522 g/mol. The first kappa shape index (κ1) is 26.7. The second-order valence-electron chi connectivity index (χ2n) is 10.1. The molecule has 1 unspecified atom stereocenters. The van der Waals surface area contributed by atoms with E-state index >= 15 is 0 Å². The third kappa shape index (κ3) is 7.83. The molecule has 190 valence electrons. The van der Waals surface area contributed by atoms with Gasteiger partial charge >= 0.3 is 12.2 Å². The van der Waals surface area contributed by atoms with Crippen molar-refractivity contribution < 1.29 is 23.5 Å². The minimum absolute atomic E-state index is 0.00443. The van der Waals surface area contributed by atoms with Crippen molar-refractivity contribution in [2.45, 2.75) is 78.7 Å². The summed E-state index contributed by atoms with van der Waals surface area (Å²) in [4.78, 5) is 36.3. The molecule has 1 atom stereocenters. The Kier molecular flexibility index (Phi) is 7.96. The zero-order chi connectivity index (χ0) is 26.0. The van der Waals surface area contributed by atoms with Crippen LogP contribution in [0.15, 0.2) is 28.9 Å². The lowest BCUT2D eigenvalue weighted by atomic mass is 10.2. The molecule has 9 nitrogen and oxygen atoms in total. The van der Waals surface area contributed by atoms with Crippen molar-refractivity contribution in [1.82, 2.24) is 15.3 Å². The molecular weight excluding hydrogens is 492 g/mol. The highest BCUT2D eigenvalue weighted by Gasteiger charge is 2.28. The van der Waals surface area contributed by atoms with E-state index in [1.807, 2.05) is 33.8 Å². The number of rotatable bonds is 6.